The highest BCUT2D eigenvalue weighted by molar-refractivity contribution is 7.11. The van der Waals surface area contributed by atoms with Gasteiger partial charge < -0.3 is 10.5 Å². The van der Waals surface area contributed by atoms with Crippen molar-refractivity contribution in [3.05, 3.63) is 50.4 Å². The van der Waals surface area contributed by atoms with E-state index in [0.29, 0.717) is 13.2 Å². The molecule has 1 aromatic heterocycles. The Morgan fingerprint density at radius 3 is 2.67 bits per heavy atom. The fourth-order valence-electron chi connectivity index (χ4n) is 1.70. The molecule has 2 aromatic rings. The van der Waals surface area contributed by atoms with Crippen molar-refractivity contribution in [1.82, 2.24) is 4.98 Å². The minimum Gasteiger partial charge on any atom is -0.378 e. The van der Waals surface area contributed by atoms with E-state index in [0.717, 1.165) is 27.0 Å². The van der Waals surface area contributed by atoms with E-state index in [9.17, 15) is 0 Å². The van der Waals surface area contributed by atoms with Gasteiger partial charge >= 0.3 is 0 Å². The van der Waals surface area contributed by atoms with Crippen LogP contribution in [0.4, 0.5) is 0 Å². The van der Waals surface area contributed by atoms with Crippen LogP contribution in [0.25, 0.3) is 0 Å². The van der Waals surface area contributed by atoms with Crippen LogP contribution in [0.2, 0.25) is 5.02 Å². The van der Waals surface area contributed by atoms with E-state index in [1.807, 2.05) is 24.3 Å². The van der Waals surface area contributed by atoms with E-state index >= 15 is 0 Å². The predicted molar refractivity (Wildman–Crippen MR) is 75.0 cm³/mol. The number of ether oxygens (including phenoxy) is 1. The van der Waals surface area contributed by atoms with E-state index in [2.05, 4.69) is 4.98 Å². The predicted octanol–water partition coefficient (Wildman–Crippen LogP) is 2.99. The standard InChI is InChI=1S/C13H15ClN2OS/c1-17-8-11-12(7-15)18-13(16-11)6-9-2-4-10(14)5-3-9/h2-5H,6-8,15H2,1H3. The summed E-state index contributed by atoms with van der Waals surface area (Å²) in [5, 5.41) is 1.81. The molecule has 0 radical (unpaired) electrons. The summed E-state index contributed by atoms with van der Waals surface area (Å²) in [6.07, 6.45) is 0.804. The molecule has 1 aromatic carbocycles. The first kappa shape index (κ1) is 13.5. The second-order valence-corrected chi connectivity index (χ2v) is 5.52. The van der Waals surface area contributed by atoms with Crippen molar-refractivity contribution in [3.63, 3.8) is 0 Å². The van der Waals surface area contributed by atoms with Gasteiger partial charge in [0.15, 0.2) is 0 Å². The third-order valence-corrected chi connectivity index (χ3v) is 3.93. The maximum absolute atomic E-state index is 5.86. The first-order valence-electron chi connectivity index (χ1n) is 5.64. The molecule has 96 valence electrons. The minimum atomic E-state index is 0.511. The lowest BCUT2D eigenvalue weighted by molar-refractivity contribution is 0.181. The van der Waals surface area contributed by atoms with Crippen molar-refractivity contribution in [2.75, 3.05) is 7.11 Å². The van der Waals surface area contributed by atoms with E-state index in [1.54, 1.807) is 18.4 Å². The number of aromatic nitrogens is 1. The van der Waals surface area contributed by atoms with Crippen LogP contribution in [0.5, 0.6) is 0 Å². The summed E-state index contributed by atoms with van der Waals surface area (Å²) >= 11 is 7.51. The highest BCUT2D eigenvalue weighted by Gasteiger charge is 2.10. The van der Waals surface area contributed by atoms with Gasteiger partial charge in [-0.3, -0.25) is 0 Å². The molecule has 0 atom stereocenters. The summed E-state index contributed by atoms with van der Waals surface area (Å²) < 4.78 is 5.12. The smallest absolute Gasteiger partial charge is 0.0976 e. The van der Waals surface area contributed by atoms with Crippen LogP contribution >= 0.6 is 22.9 Å². The number of methoxy groups -OCH3 is 1. The van der Waals surface area contributed by atoms with Crippen LogP contribution in [0, 0.1) is 0 Å². The van der Waals surface area contributed by atoms with Crippen LogP contribution in [-0.4, -0.2) is 12.1 Å². The Hall–Kier alpha value is -0.940. The second kappa shape index (κ2) is 6.29. The van der Waals surface area contributed by atoms with Crippen LogP contribution < -0.4 is 5.73 Å². The van der Waals surface area contributed by atoms with E-state index < -0.39 is 0 Å². The molecule has 0 amide bonds. The molecular weight excluding hydrogens is 268 g/mol. The third-order valence-electron chi connectivity index (χ3n) is 2.56. The largest absolute Gasteiger partial charge is 0.378 e. The zero-order valence-corrected chi connectivity index (χ0v) is 11.7. The molecule has 0 fully saturated rings. The molecule has 2 rings (SSSR count). The topological polar surface area (TPSA) is 48.1 Å². The molecule has 0 unspecified atom stereocenters. The molecule has 0 bridgehead atoms. The molecule has 0 aliphatic carbocycles. The average molecular weight is 283 g/mol. The van der Waals surface area contributed by atoms with Crippen molar-refractivity contribution >= 4 is 22.9 Å². The number of thiazole rings is 1. The van der Waals surface area contributed by atoms with Crippen molar-refractivity contribution in [2.24, 2.45) is 5.73 Å². The van der Waals surface area contributed by atoms with Gasteiger partial charge in [-0.2, -0.15) is 0 Å². The molecule has 0 saturated carbocycles. The second-order valence-electron chi connectivity index (χ2n) is 3.92. The number of nitrogens with zero attached hydrogens (tertiary/aromatic N) is 1. The van der Waals surface area contributed by atoms with Gasteiger partial charge in [0.05, 0.1) is 17.3 Å². The van der Waals surface area contributed by atoms with Gasteiger partial charge in [0.25, 0.3) is 0 Å². The summed E-state index contributed by atoms with van der Waals surface area (Å²) in [5.41, 5.74) is 7.85. The fourth-order valence-corrected chi connectivity index (χ4v) is 2.81. The molecule has 18 heavy (non-hydrogen) atoms. The van der Waals surface area contributed by atoms with Crippen LogP contribution in [0.3, 0.4) is 0 Å². The zero-order chi connectivity index (χ0) is 13.0. The summed E-state index contributed by atoms with van der Waals surface area (Å²) in [6, 6.07) is 7.82. The first-order valence-corrected chi connectivity index (χ1v) is 6.83. The Kier molecular flexibility index (Phi) is 4.72. The Balaban J connectivity index is 2.16. The normalized spacial score (nSPS) is 10.8. The molecule has 5 heteroatoms. The van der Waals surface area contributed by atoms with Crippen molar-refractivity contribution < 1.29 is 4.74 Å². The number of benzene rings is 1. The molecule has 0 spiro atoms. The van der Waals surface area contributed by atoms with Crippen molar-refractivity contribution in [3.8, 4) is 0 Å². The SMILES string of the molecule is COCc1nc(Cc2ccc(Cl)cc2)sc1CN. The first-order chi connectivity index (χ1) is 8.72. The van der Waals surface area contributed by atoms with Crippen molar-refractivity contribution in [1.29, 1.82) is 0 Å². The number of hydrogen-bond donors (Lipinski definition) is 1. The molecular formula is C13H15ClN2OS. The molecule has 1 heterocycles. The number of rotatable bonds is 5. The lowest BCUT2D eigenvalue weighted by atomic mass is 10.2. The van der Waals surface area contributed by atoms with E-state index in [-0.39, 0.29) is 0 Å². The van der Waals surface area contributed by atoms with E-state index in [1.165, 1.54) is 5.56 Å². The molecule has 0 saturated heterocycles. The molecule has 3 nitrogen and oxygen atoms in total. The minimum absolute atomic E-state index is 0.511. The van der Waals surface area contributed by atoms with Gasteiger partial charge in [0.2, 0.25) is 0 Å². The van der Waals surface area contributed by atoms with Gasteiger partial charge in [0.1, 0.15) is 0 Å². The summed E-state index contributed by atoms with van der Waals surface area (Å²) in [6.45, 7) is 1.03. The van der Waals surface area contributed by atoms with Gasteiger partial charge in [-0.15, -0.1) is 11.3 Å². The summed E-state index contributed by atoms with van der Waals surface area (Å²) in [4.78, 5) is 5.67. The summed E-state index contributed by atoms with van der Waals surface area (Å²) in [5.74, 6) is 0. The van der Waals surface area contributed by atoms with Crippen LogP contribution in [0.1, 0.15) is 21.1 Å². The van der Waals surface area contributed by atoms with Gasteiger partial charge in [-0.25, -0.2) is 4.98 Å². The maximum atomic E-state index is 5.86. The highest BCUT2D eigenvalue weighted by atomic mass is 35.5. The lowest BCUT2D eigenvalue weighted by Gasteiger charge is -1.97. The van der Waals surface area contributed by atoms with Crippen LogP contribution in [-0.2, 0) is 24.3 Å². The highest BCUT2D eigenvalue weighted by Crippen LogP contribution is 2.22. The number of nitrogens with two attached hydrogens (primary N) is 1. The fraction of sp³-hybridized carbons (Fsp3) is 0.308. The Morgan fingerprint density at radius 2 is 2.06 bits per heavy atom. The quantitative estimate of drug-likeness (QED) is 0.917. The average Bonchev–Trinajstić information content (AvgIpc) is 2.75. The molecule has 0 aliphatic rings. The van der Waals surface area contributed by atoms with Crippen molar-refractivity contribution in [2.45, 2.75) is 19.6 Å². The number of halogens is 1. The Labute approximate surface area is 116 Å². The molecule has 0 aliphatic heterocycles. The van der Waals surface area contributed by atoms with Gasteiger partial charge in [-0.1, -0.05) is 23.7 Å². The lowest BCUT2D eigenvalue weighted by Crippen LogP contribution is -1.99. The Bertz CT molecular complexity index is 510. The van der Waals surface area contributed by atoms with Crippen LogP contribution in [0.15, 0.2) is 24.3 Å². The molecule has 2 N–H and O–H groups in total. The van der Waals surface area contributed by atoms with Gasteiger partial charge in [0, 0.05) is 30.0 Å². The van der Waals surface area contributed by atoms with E-state index in [4.69, 9.17) is 22.1 Å². The third kappa shape index (κ3) is 3.29. The summed E-state index contributed by atoms with van der Waals surface area (Å²) in [7, 11) is 1.67. The Morgan fingerprint density at radius 1 is 1.33 bits per heavy atom. The zero-order valence-electron chi connectivity index (χ0n) is 10.1. The number of hydrogen-bond acceptors (Lipinski definition) is 4. The monoisotopic (exact) mass is 282 g/mol. The maximum Gasteiger partial charge on any atom is 0.0976 e. The van der Waals surface area contributed by atoms with Gasteiger partial charge in [-0.05, 0) is 17.7 Å².